The van der Waals surface area contributed by atoms with Gasteiger partial charge in [0.2, 0.25) is 5.88 Å². The average Bonchev–Trinajstić information content (AvgIpc) is 2.78. The van der Waals surface area contributed by atoms with E-state index in [1.807, 2.05) is 0 Å². The molecule has 0 spiro atoms. The van der Waals surface area contributed by atoms with Crippen LogP contribution in [0.1, 0.15) is 36.3 Å². The molecule has 0 radical (unpaired) electrons. The van der Waals surface area contributed by atoms with Gasteiger partial charge < -0.3 is 19.9 Å². The molecule has 0 saturated carbocycles. The zero-order valence-corrected chi connectivity index (χ0v) is 18.1. The maximum absolute atomic E-state index is 13.9. The largest absolute Gasteiger partial charge is 0.487 e. The summed E-state index contributed by atoms with van der Waals surface area (Å²) in [5.41, 5.74) is 7.46. The van der Waals surface area contributed by atoms with E-state index in [0.717, 1.165) is 0 Å². The summed E-state index contributed by atoms with van der Waals surface area (Å²) in [5.74, 6) is -1.22. The van der Waals surface area contributed by atoms with E-state index >= 15 is 0 Å². The highest BCUT2D eigenvalue weighted by Gasteiger charge is 2.41. The summed E-state index contributed by atoms with van der Waals surface area (Å²) in [6.45, 7) is -0.00292. The number of hydrogen-bond acceptors (Lipinski definition) is 6. The Morgan fingerprint density at radius 3 is 2.75 bits per heavy atom. The lowest BCUT2D eigenvalue weighted by atomic mass is 9.77. The van der Waals surface area contributed by atoms with Crippen molar-refractivity contribution in [1.82, 2.24) is 0 Å². The monoisotopic (exact) mass is 457 g/mol. The molecule has 2 N–H and O–H groups in total. The number of benzene rings is 2. The van der Waals surface area contributed by atoms with Crippen LogP contribution < -0.4 is 10.5 Å². The number of Topliss-reactive ketones (excluding diaryl/α,β-unsaturated/α-hetero) is 1. The molecule has 8 heteroatoms. The fraction of sp³-hybridized carbons (Fsp3) is 0.250. The van der Waals surface area contributed by atoms with Gasteiger partial charge in [-0.3, -0.25) is 4.79 Å². The highest BCUT2D eigenvalue weighted by Crippen LogP contribution is 2.45. The fourth-order valence-electron chi connectivity index (χ4n) is 3.98. The Bertz CT molecular complexity index is 1160. The predicted octanol–water partition coefficient (Wildman–Crippen LogP) is 4.52. The molecule has 6 nitrogen and oxygen atoms in total. The summed E-state index contributed by atoms with van der Waals surface area (Å²) in [6, 6.07) is 11.2. The number of rotatable bonds is 5. The van der Waals surface area contributed by atoms with Crippen LogP contribution in [0.3, 0.4) is 0 Å². The Labute approximate surface area is 189 Å². The number of hydrogen-bond donors (Lipinski definition) is 1. The van der Waals surface area contributed by atoms with Crippen molar-refractivity contribution in [2.75, 3.05) is 7.11 Å². The minimum absolute atomic E-state index is 0.00292. The Kier molecular flexibility index (Phi) is 6.19. The normalized spacial score (nSPS) is 18.2. The molecule has 1 aliphatic heterocycles. The molecule has 0 saturated heterocycles. The first-order valence-corrected chi connectivity index (χ1v) is 10.5. The number of carbonyl (C=O) groups is 2. The third-order valence-corrected chi connectivity index (χ3v) is 5.82. The highest BCUT2D eigenvalue weighted by molar-refractivity contribution is 6.32. The molecule has 2 aromatic carbocycles. The fourth-order valence-corrected chi connectivity index (χ4v) is 4.23. The van der Waals surface area contributed by atoms with Crippen molar-refractivity contribution in [2.24, 2.45) is 5.73 Å². The molecule has 2 aliphatic rings. The van der Waals surface area contributed by atoms with Gasteiger partial charge in [0.1, 0.15) is 29.5 Å². The van der Waals surface area contributed by atoms with Crippen LogP contribution in [0.25, 0.3) is 0 Å². The molecule has 1 atom stereocenters. The molecule has 1 aliphatic carbocycles. The van der Waals surface area contributed by atoms with Crippen LogP contribution in [0.4, 0.5) is 4.39 Å². The van der Waals surface area contributed by atoms with Gasteiger partial charge in [0.25, 0.3) is 0 Å². The van der Waals surface area contributed by atoms with Crippen LogP contribution in [-0.2, 0) is 25.7 Å². The minimum Gasteiger partial charge on any atom is -0.487 e. The lowest BCUT2D eigenvalue weighted by Crippen LogP contribution is -2.31. The number of halogens is 2. The van der Waals surface area contributed by atoms with E-state index in [4.69, 9.17) is 31.5 Å². The summed E-state index contributed by atoms with van der Waals surface area (Å²) in [5, 5.41) is 0.249. The number of esters is 1. The van der Waals surface area contributed by atoms with Crippen molar-refractivity contribution in [3.8, 4) is 5.75 Å². The number of ketones is 1. The Hall–Kier alpha value is -3.32. The summed E-state index contributed by atoms with van der Waals surface area (Å²) in [7, 11) is 1.24. The van der Waals surface area contributed by atoms with Crippen molar-refractivity contribution < 1.29 is 28.2 Å². The summed E-state index contributed by atoms with van der Waals surface area (Å²) >= 11 is 6.45. The van der Waals surface area contributed by atoms with Crippen molar-refractivity contribution in [3.63, 3.8) is 0 Å². The lowest BCUT2D eigenvalue weighted by Gasteiger charge is -2.32. The highest BCUT2D eigenvalue weighted by atomic mass is 35.5. The topological polar surface area (TPSA) is 87.9 Å². The van der Waals surface area contributed by atoms with Gasteiger partial charge in [-0.05, 0) is 30.2 Å². The van der Waals surface area contributed by atoms with E-state index in [2.05, 4.69) is 0 Å². The van der Waals surface area contributed by atoms with Crippen LogP contribution >= 0.6 is 11.6 Å². The molecule has 0 aromatic heterocycles. The van der Waals surface area contributed by atoms with Crippen LogP contribution in [0.2, 0.25) is 5.02 Å². The second-order valence-corrected chi connectivity index (χ2v) is 7.90. The third kappa shape index (κ3) is 4.08. The van der Waals surface area contributed by atoms with Gasteiger partial charge in [0.15, 0.2) is 5.78 Å². The van der Waals surface area contributed by atoms with Crippen molar-refractivity contribution >= 4 is 23.4 Å². The zero-order chi connectivity index (χ0) is 22.8. The first-order valence-electron chi connectivity index (χ1n) is 10.1. The van der Waals surface area contributed by atoms with Crippen molar-refractivity contribution in [1.29, 1.82) is 0 Å². The van der Waals surface area contributed by atoms with Crippen LogP contribution in [0.15, 0.2) is 65.3 Å². The molecule has 0 fully saturated rings. The first-order chi connectivity index (χ1) is 15.4. The molecule has 0 bridgehead atoms. The van der Waals surface area contributed by atoms with E-state index in [9.17, 15) is 14.0 Å². The molecular weight excluding hydrogens is 437 g/mol. The molecule has 2 aromatic rings. The third-order valence-electron chi connectivity index (χ3n) is 5.52. The van der Waals surface area contributed by atoms with E-state index in [0.29, 0.717) is 47.5 Å². The summed E-state index contributed by atoms with van der Waals surface area (Å²) in [4.78, 5) is 25.3. The van der Waals surface area contributed by atoms with E-state index in [1.54, 1.807) is 36.4 Å². The zero-order valence-electron chi connectivity index (χ0n) is 17.3. The smallest absolute Gasteiger partial charge is 0.340 e. The van der Waals surface area contributed by atoms with E-state index in [1.165, 1.54) is 13.2 Å². The van der Waals surface area contributed by atoms with Gasteiger partial charge in [-0.1, -0.05) is 35.9 Å². The van der Waals surface area contributed by atoms with E-state index < -0.39 is 11.9 Å². The van der Waals surface area contributed by atoms with Crippen LogP contribution in [0, 0.1) is 5.82 Å². The maximum atomic E-state index is 13.9. The maximum Gasteiger partial charge on any atom is 0.340 e. The van der Waals surface area contributed by atoms with Crippen molar-refractivity contribution in [2.45, 2.75) is 31.8 Å². The number of nitrogens with two attached hydrogens (primary N) is 1. The Morgan fingerprint density at radius 2 is 2.03 bits per heavy atom. The number of ether oxygens (including phenoxy) is 3. The molecule has 0 unspecified atom stereocenters. The molecule has 1 heterocycles. The van der Waals surface area contributed by atoms with Crippen LogP contribution in [0.5, 0.6) is 5.75 Å². The first kappa shape index (κ1) is 21.9. The van der Waals surface area contributed by atoms with Crippen LogP contribution in [-0.4, -0.2) is 18.9 Å². The minimum atomic E-state index is -0.767. The van der Waals surface area contributed by atoms with Gasteiger partial charge in [-0.25, -0.2) is 9.18 Å². The molecule has 0 amide bonds. The number of carbonyl (C=O) groups excluding carboxylic acids is 2. The number of methoxy groups -OCH3 is 1. The molecule has 166 valence electrons. The average molecular weight is 458 g/mol. The Morgan fingerprint density at radius 1 is 1.25 bits per heavy atom. The van der Waals surface area contributed by atoms with Gasteiger partial charge in [-0.15, -0.1) is 0 Å². The summed E-state index contributed by atoms with van der Waals surface area (Å²) < 4.78 is 30.1. The quantitative estimate of drug-likeness (QED) is 0.664. The van der Waals surface area contributed by atoms with Gasteiger partial charge in [0.05, 0.1) is 18.1 Å². The second-order valence-electron chi connectivity index (χ2n) is 7.49. The summed E-state index contributed by atoms with van der Waals surface area (Å²) in [6.07, 6.45) is 1.55. The Balaban J connectivity index is 1.69. The van der Waals surface area contributed by atoms with Gasteiger partial charge in [-0.2, -0.15) is 0 Å². The van der Waals surface area contributed by atoms with Gasteiger partial charge in [0, 0.05) is 24.0 Å². The second kappa shape index (κ2) is 9.04. The SMILES string of the molecule is COC(=O)C1=C(N)OC2=C(C(=O)CCC2)[C@@H]1c1ccc(OCc2ccccc2F)c(Cl)c1. The predicted molar refractivity (Wildman–Crippen MR) is 115 cm³/mol. The molecule has 4 rings (SSSR count). The molecule has 32 heavy (non-hydrogen) atoms. The molecular formula is C24H21ClFNO5. The van der Waals surface area contributed by atoms with E-state index in [-0.39, 0.29) is 34.7 Å². The number of allylic oxidation sites excluding steroid dienone is 2. The van der Waals surface area contributed by atoms with Gasteiger partial charge >= 0.3 is 5.97 Å². The standard InChI is InChI=1S/C24H21ClFNO5/c1-30-24(29)22-20(21-17(28)7-4-8-19(21)32-23(22)27)13-9-10-18(15(25)11-13)31-12-14-5-2-3-6-16(14)26/h2-3,5-6,9-11,20H,4,7-8,12,27H2,1H3/t20-/m0/s1. The van der Waals surface area contributed by atoms with Crippen molar-refractivity contribution in [3.05, 3.63) is 87.2 Å². The lowest BCUT2D eigenvalue weighted by molar-refractivity contribution is -0.136.